The summed E-state index contributed by atoms with van der Waals surface area (Å²) in [5.74, 6) is -0.325. The summed E-state index contributed by atoms with van der Waals surface area (Å²) >= 11 is 0. The van der Waals surface area contributed by atoms with Gasteiger partial charge in [-0.15, -0.1) is 0 Å². The van der Waals surface area contributed by atoms with Crippen molar-refractivity contribution in [3.63, 3.8) is 0 Å². The highest BCUT2D eigenvalue weighted by Crippen LogP contribution is 2.60. The molecule has 0 fully saturated rings. The van der Waals surface area contributed by atoms with Crippen molar-refractivity contribution < 1.29 is 57.0 Å². The second-order valence-electron chi connectivity index (χ2n) is 11.1. The Hall–Kier alpha value is -4.81. The van der Waals surface area contributed by atoms with Crippen molar-refractivity contribution in [3.8, 4) is 34.1 Å². The Labute approximate surface area is 272 Å². The number of methoxy groups -OCH3 is 7. The molecule has 0 saturated heterocycles. The van der Waals surface area contributed by atoms with Crippen LogP contribution in [0.15, 0.2) is 24.3 Å². The minimum absolute atomic E-state index is 0.182. The summed E-state index contributed by atoms with van der Waals surface area (Å²) < 4.78 is 52.8. The maximum absolute atomic E-state index is 13.1. The average Bonchev–Trinajstić information content (AvgIpc) is 3.05. The fraction of sp³-hybridized carbons (Fsp3) is 0.400. The lowest BCUT2D eigenvalue weighted by Gasteiger charge is -2.40. The fourth-order valence-electron chi connectivity index (χ4n) is 6.91. The van der Waals surface area contributed by atoms with Gasteiger partial charge in [-0.3, -0.25) is 9.59 Å². The van der Waals surface area contributed by atoms with E-state index in [4.69, 9.17) is 42.6 Å². The van der Waals surface area contributed by atoms with E-state index in [1.165, 1.54) is 35.2 Å². The smallest absolute Gasteiger partial charge is 0.341 e. The lowest BCUT2D eigenvalue weighted by molar-refractivity contribution is -0.167. The topological polar surface area (TPSA) is 134 Å². The summed E-state index contributed by atoms with van der Waals surface area (Å²) in [5.41, 5.74) is 5.13. The lowest BCUT2D eigenvalue weighted by Crippen LogP contribution is -2.29. The minimum atomic E-state index is -1.16. The summed E-state index contributed by atoms with van der Waals surface area (Å²) in [6.07, 6.45) is -3.72. The quantitative estimate of drug-likeness (QED) is 0.214. The predicted molar refractivity (Wildman–Crippen MR) is 167 cm³/mol. The van der Waals surface area contributed by atoms with Crippen LogP contribution in [0.4, 0.5) is 0 Å². The largest absolute Gasteiger partial charge is 0.497 e. The van der Waals surface area contributed by atoms with Gasteiger partial charge in [0.05, 0.1) is 35.5 Å². The Balaban J connectivity index is 2.00. The van der Waals surface area contributed by atoms with E-state index in [-0.39, 0.29) is 11.3 Å². The molecule has 3 aromatic rings. The van der Waals surface area contributed by atoms with Gasteiger partial charge in [0, 0.05) is 62.0 Å². The summed E-state index contributed by atoms with van der Waals surface area (Å²) in [5, 5.41) is 0. The molecular formula is C35H38O12. The molecule has 0 N–H and O–H groups in total. The number of rotatable bonds is 9. The summed E-state index contributed by atoms with van der Waals surface area (Å²) in [7, 11) is 10.4. The molecule has 2 aliphatic rings. The molecule has 47 heavy (non-hydrogen) atoms. The van der Waals surface area contributed by atoms with Gasteiger partial charge in [0.1, 0.15) is 40.8 Å². The number of esters is 3. The molecule has 2 aliphatic carbocycles. The van der Waals surface area contributed by atoms with Crippen LogP contribution < -0.4 is 18.9 Å². The Morgan fingerprint density at radius 1 is 0.617 bits per heavy atom. The van der Waals surface area contributed by atoms with Gasteiger partial charge in [0.25, 0.3) is 0 Å². The van der Waals surface area contributed by atoms with Gasteiger partial charge >= 0.3 is 17.9 Å². The Morgan fingerprint density at radius 2 is 1.23 bits per heavy atom. The molecule has 12 heteroatoms. The molecule has 12 nitrogen and oxygen atoms in total. The maximum atomic E-state index is 13.1. The van der Waals surface area contributed by atoms with Gasteiger partial charge in [0.15, 0.2) is 12.2 Å². The average molecular weight is 651 g/mol. The summed E-state index contributed by atoms with van der Waals surface area (Å²) in [6.45, 7) is 4.24. The molecule has 4 atom stereocenters. The van der Waals surface area contributed by atoms with Crippen LogP contribution in [0.3, 0.4) is 0 Å². The summed E-state index contributed by atoms with van der Waals surface area (Å²) in [6, 6.07) is 7.20. The van der Waals surface area contributed by atoms with Crippen molar-refractivity contribution in [2.45, 2.75) is 45.2 Å². The van der Waals surface area contributed by atoms with Gasteiger partial charge in [0.2, 0.25) is 0 Å². The van der Waals surface area contributed by atoms with Crippen molar-refractivity contribution >= 4 is 17.9 Å². The first kappa shape index (κ1) is 33.6. The molecule has 2 unspecified atom stereocenters. The van der Waals surface area contributed by atoms with Gasteiger partial charge < -0.3 is 42.6 Å². The zero-order valence-corrected chi connectivity index (χ0v) is 28.0. The highest BCUT2D eigenvalue weighted by atomic mass is 16.6. The van der Waals surface area contributed by atoms with Gasteiger partial charge in [-0.2, -0.15) is 0 Å². The number of hydrogen-bond donors (Lipinski definition) is 0. The van der Waals surface area contributed by atoms with E-state index in [9.17, 15) is 14.4 Å². The molecule has 250 valence electrons. The molecule has 0 bridgehead atoms. The van der Waals surface area contributed by atoms with Crippen molar-refractivity contribution in [1.29, 1.82) is 0 Å². The molecule has 3 aromatic carbocycles. The molecule has 0 radical (unpaired) electrons. The second kappa shape index (κ2) is 13.1. The number of benzene rings is 3. The lowest BCUT2D eigenvalue weighted by atomic mass is 9.73. The Bertz CT molecular complexity index is 1760. The SMILES string of the molecule is COC(=O)c1c(C)cc2c(c1OC)-c1cc3c(c(OC)c1[C@H](OC(C)=O)[C@@H]2OC(C)=O)C(OC)c1c(OC)cc(OC)cc1C3OC. The normalized spacial score (nSPS) is 18.9. The maximum Gasteiger partial charge on any atom is 0.341 e. The van der Waals surface area contributed by atoms with Crippen LogP contribution in [0.2, 0.25) is 0 Å². The third kappa shape index (κ3) is 5.31. The molecule has 0 amide bonds. The van der Waals surface area contributed by atoms with Crippen molar-refractivity contribution in [2.24, 2.45) is 0 Å². The fourth-order valence-corrected chi connectivity index (χ4v) is 6.91. The number of hydrogen-bond acceptors (Lipinski definition) is 12. The first-order valence-corrected chi connectivity index (χ1v) is 14.7. The molecule has 0 aliphatic heterocycles. The number of carbonyl (C=O) groups is 3. The highest BCUT2D eigenvalue weighted by molar-refractivity contribution is 5.99. The molecule has 5 rings (SSSR count). The van der Waals surface area contributed by atoms with Crippen LogP contribution >= 0.6 is 0 Å². The van der Waals surface area contributed by atoms with Crippen molar-refractivity contribution in [3.05, 3.63) is 68.8 Å². The zero-order chi connectivity index (χ0) is 34.3. The monoisotopic (exact) mass is 650 g/mol. The van der Waals surface area contributed by atoms with Crippen molar-refractivity contribution in [2.75, 3.05) is 49.8 Å². The van der Waals surface area contributed by atoms with Crippen LogP contribution in [-0.2, 0) is 33.3 Å². The van der Waals surface area contributed by atoms with Gasteiger partial charge in [-0.25, -0.2) is 4.79 Å². The van der Waals surface area contributed by atoms with Crippen LogP contribution in [0, 0.1) is 6.92 Å². The third-order valence-electron chi connectivity index (χ3n) is 8.58. The second-order valence-corrected chi connectivity index (χ2v) is 11.1. The van der Waals surface area contributed by atoms with Crippen molar-refractivity contribution in [1.82, 2.24) is 0 Å². The number of fused-ring (bicyclic) bond motifs is 5. The Kier molecular flexibility index (Phi) is 9.37. The molecule has 0 saturated carbocycles. The van der Waals surface area contributed by atoms with E-state index in [0.29, 0.717) is 61.8 Å². The number of aryl methyl sites for hydroxylation is 1. The molecule has 0 spiro atoms. The zero-order valence-electron chi connectivity index (χ0n) is 28.0. The third-order valence-corrected chi connectivity index (χ3v) is 8.58. The van der Waals surface area contributed by atoms with Gasteiger partial charge in [-0.05, 0) is 41.3 Å². The first-order valence-electron chi connectivity index (χ1n) is 14.7. The number of carbonyl (C=O) groups excluding carboxylic acids is 3. The van der Waals surface area contributed by atoms with Gasteiger partial charge in [-0.1, -0.05) is 6.07 Å². The molecule has 0 heterocycles. The number of ether oxygens (including phenoxy) is 9. The first-order chi connectivity index (χ1) is 22.5. The minimum Gasteiger partial charge on any atom is -0.497 e. The van der Waals surface area contributed by atoms with E-state index in [0.717, 1.165) is 5.56 Å². The van der Waals surface area contributed by atoms with E-state index in [1.54, 1.807) is 47.5 Å². The van der Waals surface area contributed by atoms with E-state index in [1.807, 2.05) is 12.1 Å². The van der Waals surface area contributed by atoms with Crippen LogP contribution in [-0.4, -0.2) is 67.7 Å². The highest BCUT2D eigenvalue weighted by Gasteiger charge is 2.47. The summed E-state index contributed by atoms with van der Waals surface area (Å²) in [4.78, 5) is 38.4. The Morgan fingerprint density at radius 3 is 1.77 bits per heavy atom. The van der Waals surface area contributed by atoms with E-state index < -0.39 is 42.3 Å². The standard InChI is InChI=1S/C35H38O12/c1-15-11-20-25(31(42-7)24(15)35(38)45-10)19-14-22-28(33(44-9)27(19)34(47-17(3)37)30(20)46-16(2)36)32(43-8)26-21(29(22)41-6)12-18(39-4)13-23(26)40-5/h11-14,29-30,32,34H,1-10H3/t29?,30-,32?,34+/m1/s1. The van der Waals surface area contributed by atoms with Crippen LogP contribution in [0.25, 0.3) is 11.1 Å². The van der Waals surface area contributed by atoms with E-state index in [2.05, 4.69) is 0 Å². The molecular weight excluding hydrogens is 612 g/mol. The predicted octanol–water partition coefficient (Wildman–Crippen LogP) is 5.49. The van der Waals surface area contributed by atoms with Crippen LogP contribution in [0.1, 0.15) is 87.6 Å². The van der Waals surface area contributed by atoms with E-state index >= 15 is 0 Å². The van der Waals surface area contributed by atoms with Crippen LogP contribution in [0.5, 0.6) is 23.0 Å². The molecule has 0 aromatic heterocycles.